The minimum atomic E-state index is -0.808. The minimum absolute atomic E-state index is 0.00564. The summed E-state index contributed by atoms with van der Waals surface area (Å²) in [7, 11) is 0. The molecule has 0 radical (unpaired) electrons. The van der Waals surface area contributed by atoms with Gasteiger partial charge in [-0.05, 0) is 44.5 Å². The van der Waals surface area contributed by atoms with Gasteiger partial charge in [0.2, 0.25) is 0 Å². The molecule has 0 N–H and O–H groups in total. The number of ether oxygens (including phenoxy) is 1. The number of hydrogen-bond donors (Lipinski definition) is 0. The van der Waals surface area contributed by atoms with Gasteiger partial charge < -0.3 is 4.74 Å². The molecule has 2 aromatic rings. The van der Waals surface area contributed by atoms with Crippen LogP contribution in [0, 0.1) is 17.1 Å². The molecule has 2 aromatic carbocycles. The van der Waals surface area contributed by atoms with Crippen LogP contribution in [0.3, 0.4) is 0 Å². The van der Waals surface area contributed by atoms with Gasteiger partial charge in [-0.3, -0.25) is 4.90 Å². The van der Waals surface area contributed by atoms with Gasteiger partial charge in [-0.25, -0.2) is 9.18 Å². The first-order chi connectivity index (χ1) is 11.4. The SMILES string of the molecule is CCN1C(=O)OC(C)(C)c2cc(-c3cccc(C#N)c3F)ccc21. The fourth-order valence-corrected chi connectivity index (χ4v) is 2.99. The second-order valence-corrected chi connectivity index (χ2v) is 6.13. The van der Waals surface area contributed by atoms with Crippen molar-refractivity contribution in [3.63, 3.8) is 0 Å². The second kappa shape index (κ2) is 5.64. The number of nitrogens with zero attached hydrogens (tertiary/aromatic N) is 2. The highest BCUT2D eigenvalue weighted by Crippen LogP contribution is 2.41. The van der Waals surface area contributed by atoms with Crippen molar-refractivity contribution in [2.45, 2.75) is 26.4 Å². The Bertz CT molecular complexity index is 868. The lowest BCUT2D eigenvalue weighted by atomic mass is 9.90. The van der Waals surface area contributed by atoms with Crippen molar-refractivity contribution in [3.8, 4) is 17.2 Å². The number of benzene rings is 2. The van der Waals surface area contributed by atoms with E-state index in [1.54, 1.807) is 29.2 Å². The van der Waals surface area contributed by atoms with E-state index in [1.807, 2.05) is 32.9 Å². The highest BCUT2D eigenvalue weighted by atomic mass is 19.1. The fraction of sp³-hybridized carbons (Fsp3) is 0.263. The average Bonchev–Trinajstić information content (AvgIpc) is 2.55. The Labute approximate surface area is 140 Å². The topological polar surface area (TPSA) is 53.3 Å². The number of hydrogen-bond acceptors (Lipinski definition) is 3. The number of carbonyl (C=O) groups excluding carboxylic acids is 1. The zero-order chi connectivity index (χ0) is 17.5. The molecule has 1 aliphatic rings. The van der Waals surface area contributed by atoms with E-state index in [9.17, 15) is 9.18 Å². The molecule has 0 bridgehead atoms. The van der Waals surface area contributed by atoms with Crippen molar-refractivity contribution >= 4 is 11.8 Å². The first-order valence-electron chi connectivity index (χ1n) is 7.73. The lowest BCUT2D eigenvalue weighted by molar-refractivity contribution is 0.0353. The van der Waals surface area contributed by atoms with Crippen LogP contribution in [-0.4, -0.2) is 12.6 Å². The molecule has 1 heterocycles. The summed E-state index contributed by atoms with van der Waals surface area (Å²) in [5.41, 5.74) is 1.77. The van der Waals surface area contributed by atoms with Crippen molar-refractivity contribution < 1.29 is 13.9 Å². The number of halogens is 1. The van der Waals surface area contributed by atoms with E-state index in [0.29, 0.717) is 17.7 Å². The number of carbonyl (C=O) groups is 1. The Morgan fingerprint density at radius 3 is 2.71 bits per heavy atom. The molecule has 0 aromatic heterocycles. The normalized spacial score (nSPS) is 15.5. The second-order valence-electron chi connectivity index (χ2n) is 6.13. The molecule has 0 aliphatic carbocycles. The maximum absolute atomic E-state index is 14.5. The lowest BCUT2D eigenvalue weighted by Crippen LogP contribution is -2.43. The first kappa shape index (κ1) is 16.0. The number of rotatable bonds is 2. The van der Waals surface area contributed by atoms with E-state index >= 15 is 0 Å². The standard InChI is InChI=1S/C19H17FN2O2/c1-4-22-16-9-8-12(10-15(16)19(2,3)24-18(22)23)14-7-5-6-13(11-21)17(14)20/h5-10H,4H2,1-3H3. The van der Waals surface area contributed by atoms with E-state index in [0.717, 1.165) is 11.3 Å². The highest BCUT2D eigenvalue weighted by Gasteiger charge is 2.37. The number of amides is 1. The Morgan fingerprint density at radius 1 is 1.29 bits per heavy atom. The fourth-order valence-electron chi connectivity index (χ4n) is 2.99. The van der Waals surface area contributed by atoms with Crippen LogP contribution < -0.4 is 4.90 Å². The van der Waals surface area contributed by atoms with E-state index in [1.165, 1.54) is 6.07 Å². The van der Waals surface area contributed by atoms with Crippen LogP contribution in [0.4, 0.5) is 14.9 Å². The van der Waals surface area contributed by atoms with Crippen LogP contribution in [-0.2, 0) is 10.3 Å². The summed E-state index contributed by atoms with van der Waals surface area (Å²) in [5.74, 6) is -0.544. The van der Waals surface area contributed by atoms with Crippen LogP contribution in [0.1, 0.15) is 31.9 Å². The quantitative estimate of drug-likeness (QED) is 0.812. The van der Waals surface area contributed by atoms with E-state index in [2.05, 4.69) is 0 Å². The van der Waals surface area contributed by atoms with E-state index < -0.39 is 11.4 Å². The first-order valence-corrected chi connectivity index (χ1v) is 7.73. The molecule has 1 aliphatic heterocycles. The van der Waals surface area contributed by atoms with Crippen LogP contribution >= 0.6 is 0 Å². The zero-order valence-electron chi connectivity index (χ0n) is 13.8. The van der Waals surface area contributed by atoms with Crippen molar-refractivity contribution in [3.05, 3.63) is 53.3 Å². The van der Waals surface area contributed by atoms with Gasteiger partial charge in [0.05, 0.1) is 11.3 Å². The van der Waals surface area contributed by atoms with Crippen molar-refractivity contribution in [2.75, 3.05) is 11.4 Å². The number of anilines is 1. The summed E-state index contributed by atoms with van der Waals surface area (Å²) in [6.07, 6.45) is -0.389. The third kappa shape index (κ3) is 2.41. The summed E-state index contributed by atoms with van der Waals surface area (Å²) >= 11 is 0. The molecule has 24 heavy (non-hydrogen) atoms. The van der Waals surface area contributed by atoms with E-state index in [4.69, 9.17) is 10.00 Å². The maximum Gasteiger partial charge on any atom is 0.415 e. The molecule has 0 unspecified atom stereocenters. The van der Waals surface area contributed by atoms with Crippen LogP contribution in [0.25, 0.3) is 11.1 Å². The third-order valence-corrected chi connectivity index (χ3v) is 4.25. The smallest absolute Gasteiger partial charge is 0.415 e. The van der Waals surface area contributed by atoms with Gasteiger partial charge in [0, 0.05) is 17.7 Å². The molecular formula is C19H17FN2O2. The maximum atomic E-state index is 14.5. The number of fused-ring (bicyclic) bond motifs is 1. The van der Waals surface area contributed by atoms with Gasteiger partial charge in [-0.1, -0.05) is 18.2 Å². The van der Waals surface area contributed by atoms with E-state index in [-0.39, 0.29) is 11.7 Å². The Balaban J connectivity index is 2.19. The van der Waals surface area contributed by atoms with Gasteiger partial charge in [0.25, 0.3) is 0 Å². The Hall–Kier alpha value is -2.87. The molecule has 4 nitrogen and oxygen atoms in total. The zero-order valence-corrected chi connectivity index (χ0v) is 13.8. The molecule has 122 valence electrons. The minimum Gasteiger partial charge on any atom is -0.438 e. The third-order valence-electron chi connectivity index (χ3n) is 4.25. The monoisotopic (exact) mass is 324 g/mol. The molecule has 1 amide bonds. The summed E-state index contributed by atoms with van der Waals surface area (Å²) in [6.45, 7) is 5.97. The van der Waals surface area contributed by atoms with Gasteiger partial charge >= 0.3 is 6.09 Å². The van der Waals surface area contributed by atoms with Gasteiger partial charge in [-0.2, -0.15) is 5.26 Å². The average molecular weight is 324 g/mol. The number of nitriles is 1. The number of cyclic esters (lactones) is 1. The molecule has 0 saturated carbocycles. The van der Waals surface area contributed by atoms with Crippen molar-refractivity contribution in [1.82, 2.24) is 0 Å². The summed E-state index contributed by atoms with van der Waals surface area (Å²) in [6, 6.07) is 12.0. The Kier molecular flexibility index (Phi) is 3.76. The summed E-state index contributed by atoms with van der Waals surface area (Å²) in [4.78, 5) is 13.7. The van der Waals surface area contributed by atoms with Gasteiger partial charge in [-0.15, -0.1) is 0 Å². The van der Waals surface area contributed by atoms with Crippen LogP contribution in [0.2, 0.25) is 0 Å². The Morgan fingerprint density at radius 2 is 2.04 bits per heavy atom. The largest absolute Gasteiger partial charge is 0.438 e. The predicted octanol–water partition coefficient (Wildman–Crippen LogP) is 4.58. The molecule has 0 saturated heterocycles. The molecule has 5 heteroatoms. The van der Waals surface area contributed by atoms with Gasteiger partial charge in [0.15, 0.2) is 0 Å². The highest BCUT2D eigenvalue weighted by molar-refractivity contribution is 5.92. The molecule has 0 fully saturated rings. The molecule has 0 atom stereocenters. The lowest BCUT2D eigenvalue weighted by Gasteiger charge is -2.38. The van der Waals surface area contributed by atoms with Crippen molar-refractivity contribution in [1.29, 1.82) is 5.26 Å². The van der Waals surface area contributed by atoms with Crippen LogP contribution in [0.5, 0.6) is 0 Å². The van der Waals surface area contributed by atoms with Gasteiger partial charge in [0.1, 0.15) is 17.5 Å². The summed E-state index contributed by atoms with van der Waals surface area (Å²) < 4.78 is 20.0. The van der Waals surface area contributed by atoms with Crippen molar-refractivity contribution in [2.24, 2.45) is 0 Å². The molecule has 3 rings (SSSR count). The summed E-state index contributed by atoms with van der Waals surface area (Å²) in [5, 5.41) is 9.01. The van der Waals surface area contributed by atoms with Crippen LogP contribution in [0.15, 0.2) is 36.4 Å². The molecular weight excluding hydrogens is 307 g/mol. The predicted molar refractivity (Wildman–Crippen MR) is 89.1 cm³/mol. The molecule has 0 spiro atoms.